The summed E-state index contributed by atoms with van der Waals surface area (Å²) in [6, 6.07) is 13.1. The second-order valence-electron chi connectivity index (χ2n) is 5.85. The number of halogens is 1. The molecule has 0 saturated heterocycles. The number of benzene rings is 2. The van der Waals surface area contributed by atoms with E-state index in [-0.39, 0.29) is 17.7 Å². The van der Waals surface area contributed by atoms with Gasteiger partial charge in [0.25, 0.3) is 0 Å². The van der Waals surface area contributed by atoms with E-state index in [0.29, 0.717) is 18.2 Å². The topological polar surface area (TPSA) is 47.6 Å². The molecule has 1 amide bonds. The van der Waals surface area contributed by atoms with Crippen LogP contribution in [0.5, 0.6) is 11.5 Å². The van der Waals surface area contributed by atoms with Crippen LogP contribution in [0.2, 0.25) is 5.02 Å². The first-order chi connectivity index (χ1) is 11.2. The zero-order valence-electron chi connectivity index (χ0n) is 12.4. The second kappa shape index (κ2) is 5.78. The maximum absolute atomic E-state index is 12.3. The Bertz CT molecular complexity index is 762. The molecule has 118 valence electrons. The van der Waals surface area contributed by atoms with Crippen LogP contribution in [0.4, 0.5) is 5.69 Å². The Kier molecular flexibility index (Phi) is 3.62. The Labute approximate surface area is 139 Å². The summed E-state index contributed by atoms with van der Waals surface area (Å²) in [5.74, 6) is 1.82. The molecule has 1 aliphatic heterocycles. The van der Waals surface area contributed by atoms with Crippen molar-refractivity contribution in [1.82, 2.24) is 0 Å². The number of hydrogen-bond donors (Lipinski definition) is 1. The number of carbonyl (C=O) groups excluding carboxylic acids is 1. The van der Waals surface area contributed by atoms with E-state index in [1.807, 2.05) is 30.3 Å². The van der Waals surface area contributed by atoms with Gasteiger partial charge in [0.1, 0.15) is 13.2 Å². The molecule has 1 N–H and O–H groups in total. The van der Waals surface area contributed by atoms with Crippen LogP contribution in [0.1, 0.15) is 17.9 Å². The zero-order valence-corrected chi connectivity index (χ0v) is 13.2. The lowest BCUT2D eigenvalue weighted by molar-refractivity contribution is -0.117. The maximum atomic E-state index is 12.3. The minimum absolute atomic E-state index is 0.00320. The van der Waals surface area contributed by atoms with E-state index in [9.17, 15) is 4.79 Å². The van der Waals surface area contributed by atoms with Gasteiger partial charge in [-0.05, 0) is 48.2 Å². The standard InChI is InChI=1S/C18H16ClNO3/c19-12-2-1-3-13(9-12)20-18(21)15-10-14(15)11-4-5-16-17(8-11)23-7-6-22-16/h1-5,8-9,14-15H,6-7,10H2,(H,20,21)/t14-,15-/m0/s1. The van der Waals surface area contributed by atoms with Crippen LogP contribution in [-0.4, -0.2) is 19.1 Å². The Morgan fingerprint density at radius 2 is 1.91 bits per heavy atom. The summed E-state index contributed by atoms with van der Waals surface area (Å²) in [6.45, 7) is 1.15. The molecule has 0 bridgehead atoms. The number of hydrogen-bond acceptors (Lipinski definition) is 3. The lowest BCUT2D eigenvalue weighted by atomic mass is 10.1. The highest BCUT2D eigenvalue weighted by Gasteiger charge is 2.44. The minimum Gasteiger partial charge on any atom is -0.486 e. The molecule has 1 saturated carbocycles. The molecule has 0 radical (unpaired) electrons. The average Bonchev–Trinajstić information content (AvgIpc) is 3.35. The first kappa shape index (κ1) is 14.4. The summed E-state index contributed by atoms with van der Waals surface area (Å²) in [6.07, 6.45) is 0.853. The fourth-order valence-corrected chi connectivity index (χ4v) is 3.14. The van der Waals surface area contributed by atoms with Crippen molar-refractivity contribution in [3.05, 3.63) is 53.1 Å². The number of fused-ring (bicyclic) bond motifs is 1. The van der Waals surface area contributed by atoms with Crippen LogP contribution in [0.25, 0.3) is 0 Å². The molecule has 2 aromatic carbocycles. The lowest BCUT2D eigenvalue weighted by Crippen LogP contribution is -2.16. The Hall–Kier alpha value is -2.20. The number of amides is 1. The molecule has 1 heterocycles. The van der Waals surface area contributed by atoms with Gasteiger partial charge >= 0.3 is 0 Å². The summed E-state index contributed by atoms with van der Waals surface area (Å²) in [7, 11) is 0. The van der Waals surface area contributed by atoms with Crippen LogP contribution < -0.4 is 14.8 Å². The number of rotatable bonds is 3. The highest BCUT2D eigenvalue weighted by Crippen LogP contribution is 2.49. The van der Waals surface area contributed by atoms with Crippen molar-refractivity contribution < 1.29 is 14.3 Å². The number of ether oxygens (including phenoxy) is 2. The second-order valence-corrected chi connectivity index (χ2v) is 6.29. The smallest absolute Gasteiger partial charge is 0.228 e. The van der Waals surface area contributed by atoms with E-state index in [0.717, 1.165) is 29.2 Å². The van der Waals surface area contributed by atoms with Gasteiger partial charge in [-0.2, -0.15) is 0 Å². The average molecular weight is 330 g/mol. The molecule has 2 atom stereocenters. The molecule has 4 nitrogen and oxygen atoms in total. The molecule has 0 aromatic heterocycles. The van der Waals surface area contributed by atoms with Gasteiger partial charge < -0.3 is 14.8 Å². The third-order valence-corrected chi connectivity index (χ3v) is 4.45. The van der Waals surface area contributed by atoms with Gasteiger partial charge in [0.2, 0.25) is 5.91 Å². The van der Waals surface area contributed by atoms with Gasteiger partial charge in [0, 0.05) is 16.6 Å². The molecule has 0 unspecified atom stereocenters. The minimum atomic E-state index is -0.00320. The SMILES string of the molecule is O=C(Nc1cccc(Cl)c1)[C@H]1C[C@H]1c1ccc2c(c1)OCCO2. The Morgan fingerprint density at radius 1 is 1.09 bits per heavy atom. The van der Waals surface area contributed by atoms with Crippen molar-refractivity contribution in [1.29, 1.82) is 0 Å². The molecular weight excluding hydrogens is 314 g/mol. The molecule has 1 aliphatic carbocycles. The molecule has 1 fully saturated rings. The molecule has 0 spiro atoms. The monoisotopic (exact) mass is 329 g/mol. The van der Waals surface area contributed by atoms with Crippen molar-refractivity contribution in [2.75, 3.05) is 18.5 Å². The van der Waals surface area contributed by atoms with E-state index >= 15 is 0 Å². The predicted molar refractivity (Wildman–Crippen MR) is 88.4 cm³/mol. The van der Waals surface area contributed by atoms with Crippen LogP contribution in [-0.2, 0) is 4.79 Å². The predicted octanol–water partition coefficient (Wildman–Crippen LogP) is 3.85. The third-order valence-electron chi connectivity index (χ3n) is 4.21. The van der Waals surface area contributed by atoms with Gasteiger partial charge in [-0.15, -0.1) is 0 Å². The molecular formula is C18H16ClNO3. The lowest BCUT2D eigenvalue weighted by Gasteiger charge is -2.18. The highest BCUT2D eigenvalue weighted by atomic mass is 35.5. The summed E-state index contributed by atoms with van der Waals surface area (Å²) >= 11 is 5.94. The summed E-state index contributed by atoms with van der Waals surface area (Å²) in [5, 5.41) is 3.54. The van der Waals surface area contributed by atoms with Gasteiger partial charge in [-0.25, -0.2) is 0 Å². The van der Waals surface area contributed by atoms with Crippen LogP contribution >= 0.6 is 11.6 Å². The molecule has 4 rings (SSSR count). The first-order valence-corrected chi connectivity index (χ1v) is 8.04. The van der Waals surface area contributed by atoms with E-state index in [1.165, 1.54) is 0 Å². The van der Waals surface area contributed by atoms with Crippen molar-refractivity contribution in [3.8, 4) is 11.5 Å². The number of carbonyl (C=O) groups is 1. The zero-order chi connectivity index (χ0) is 15.8. The third kappa shape index (κ3) is 2.99. The molecule has 2 aromatic rings. The fourth-order valence-electron chi connectivity index (χ4n) is 2.94. The van der Waals surface area contributed by atoms with Crippen molar-refractivity contribution >= 4 is 23.2 Å². The van der Waals surface area contributed by atoms with Gasteiger partial charge in [0.05, 0.1) is 0 Å². The quantitative estimate of drug-likeness (QED) is 0.930. The van der Waals surface area contributed by atoms with E-state index in [4.69, 9.17) is 21.1 Å². The number of anilines is 1. The fraction of sp³-hybridized carbons (Fsp3) is 0.278. The largest absolute Gasteiger partial charge is 0.486 e. The Balaban J connectivity index is 1.44. The summed E-state index contributed by atoms with van der Waals surface area (Å²) in [4.78, 5) is 12.3. The van der Waals surface area contributed by atoms with Crippen molar-refractivity contribution in [3.63, 3.8) is 0 Å². The van der Waals surface area contributed by atoms with E-state index in [1.54, 1.807) is 12.1 Å². The molecule has 5 heteroatoms. The van der Waals surface area contributed by atoms with Crippen LogP contribution in [0.15, 0.2) is 42.5 Å². The molecule has 23 heavy (non-hydrogen) atoms. The van der Waals surface area contributed by atoms with E-state index in [2.05, 4.69) is 5.32 Å². The van der Waals surface area contributed by atoms with Gasteiger partial charge in [-0.3, -0.25) is 4.79 Å². The van der Waals surface area contributed by atoms with Crippen molar-refractivity contribution in [2.24, 2.45) is 5.92 Å². The maximum Gasteiger partial charge on any atom is 0.228 e. The summed E-state index contributed by atoms with van der Waals surface area (Å²) in [5.41, 5.74) is 1.86. The van der Waals surface area contributed by atoms with Crippen LogP contribution in [0.3, 0.4) is 0 Å². The first-order valence-electron chi connectivity index (χ1n) is 7.67. The highest BCUT2D eigenvalue weighted by molar-refractivity contribution is 6.30. The van der Waals surface area contributed by atoms with Gasteiger partial charge in [0.15, 0.2) is 11.5 Å². The Morgan fingerprint density at radius 3 is 2.74 bits per heavy atom. The normalized spacial score (nSPS) is 21.6. The summed E-state index contributed by atoms with van der Waals surface area (Å²) < 4.78 is 11.1. The van der Waals surface area contributed by atoms with Crippen LogP contribution in [0, 0.1) is 5.92 Å². The molecule has 2 aliphatic rings. The van der Waals surface area contributed by atoms with Crippen molar-refractivity contribution in [2.45, 2.75) is 12.3 Å². The van der Waals surface area contributed by atoms with E-state index < -0.39 is 0 Å². The number of nitrogens with one attached hydrogen (secondary N) is 1. The van der Waals surface area contributed by atoms with Gasteiger partial charge in [-0.1, -0.05) is 23.7 Å².